The van der Waals surface area contributed by atoms with Crippen molar-refractivity contribution in [3.05, 3.63) is 175 Å². The number of para-hydroxylation sites is 9. The Morgan fingerprint density at radius 2 is 0.870 bits per heavy atom. The molecule has 0 atom stereocenters. The molecule has 7 nitrogen and oxygen atoms in total. The van der Waals surface area contributed by atoms with E-state index in [0.717, 1.165) is 78.4 Å². The lowest BCUT2D eigenvalue weighted by atomic mass is 9.73. The minimum atomic E-state index is -0.229. The van der Waals surface area contributed by atoms with E-state index in [0.29, 0.717) is 0 Å². The molecule has 0 spiro atoms. The van der Waals surface area contributed by atoms with Crippen molar-refractivity contribution in [2.75, 3.05) is 4.90 Å². The predicted molar refractivity (Wildman–Crippen MR) is 219 cm³/mol. The predicted octanol–water partition coefficient (Wildman–Crippen LogP) is 11.3. The maximum Gasteiger partial charge on any atom is 0.220 e. The number of benzene rings is 7. The first kappa shape index (κ1) is 29.5. The average Bonchev–Trinajstić information content (AvgIpc) is 3.94. The average molecular weight is 696 g/mol. The quantitative estimate of drug-likeness (QED) is 0.185. The van der Waals surface area contributed by atoms with E-state index in [1.165, 1.54) is 16.8 Å². The van der Waals surface area contributed by atoms with Gasteiger partial charge in [0.05, 0.1) is 66.9 Å². The number of rotatable bonds is 3. The van der Waals surface area contributed by atoms with Gasteiger partial charge in [0, 0.05) is 11.1 Å². The number of nitrogens with zero attached hydrogens (tertiary/aromatic N) is 7. The van der Waals surface area contributed by atoms with Gasteiger partial charge in [0.2, 0.25) is 11.6 Å². The Bertz CT molecular complexity index is 3330. The van der Waals surface area contributed by atoms with Crippen LogP contribution in [0, 0.1) is 0 Å². The number of fused-ring (bicyclic) bond motifs is 12. The summed E-state index contributed by atoms with van der Waals surface area (Å²) in [6, 6.07) is 58.6. The molecule has 1 aliphatic heterocycles. The molecule has 0 amide bonds. The van der Waals surface area contributed by atoms with Crippen LogP contribution in [0.4, 0.5) is 17.1 Å². The highest BCUT2D eigenvalue weighted by Gasteiger charge is 2.37. The molecule has 0 N–H and O–H groups in total. The van der Waals surface area contributed by atoms with E-state index in [1.807, 2.05) is 0 Å². The zero-order chi connectivity index (χ0) is 35.7. The first-order chi connectivity index (χ1) is 26.6. The molecule has 5 heterocycles. The number of hydrogen-bond acceptors (Lipinski definition) is 3. The first-order valence-electron chi connectivity index (χ1n) is 18.4. The molecule has 0 radical (unpaired) electrons. The van der Waals surface area contributed by atoms with Gasteiger partial charge in [0.1, 0.15) is 0 Å². The van der Waals surface area contributed by atoms with E-state index >= 15 is 0 Å². The minimum absolute atomic E-state index is 0.229. The first-order valence-corrected chi connectivity index (χ1v) is 18.4. The van der Waals surface area contributed by atoms with Gasteiger partial charge in [-0.25, -0.2) is 9.97 Å². The van der Waals surface area contributed by atoms with Crippen molar-refractivity contribution in [2.24, 2.45) is 0 Å². The molecule has 0 unspecified atom stereocenters. The van der Waals surface area contributed by atoms with Crippen molar-refractivity contribution in [3.63, 3.8) is 0 Å². The Morgan fingerprint density at radius 1 is 0.389 bits per heavy atom. The van der Waals surface area contributed by atoms with Crippen molar-refractivity contribution < 1.29 is 0 Å². The molecule has 12 rings (SSSR count). The maximum atomic E-state index is 5.19. The fourth-order valence-corrected chi connectivity index (χ4v) is 9.10. The van der Waals surface area contributed by atoms with Crippen LogP contribution >= 0.6 is 0 Å². The molecule has 11 aromatic rings. The third kappa shape index (κ3) is 3.80. The molecule has 1 aliphatic rings. The molecule has 0 saturated carbocycles. The molecular formula is C47H33N7. The summed E-state index contributed by atoms with van der Waals surface area (Å²) < 4.78 is 9.16. The second-order valence-corrected chi connectivity index (χ2v) is 14.8. The Balaban J connectivity index is 1.11. The van der Waals surface area contributed by atoms with Gasteiger partial charge in [-0.05, 0) is 96.1 Å². The van der Waals surface area contributed by atoms with Crippen LogP contribution in [0.25, 0.3) is 67.1 Å². The highest BCUT2D eigenvalue weighted by atomic mass is 15.2. The molecule has 54 heavy (non-hydrogen) atoms. The van der Waals surface area contributed by atoms with Crippen LogP contribution in [-0.4, -0.2) is 27.9 Å². The Hall–Kier alpha value is -7.12. The van der Waals surface area contributed by atoms with Crippen molar-refractivity contribution in [2.45, 2.75) is 19.3 Å². The molecule has 256 valence electrons. The number of imidazole rings is 4. The number of anilines is 3. The molecule has 4 aromatic heterocycles. The van der Waals surface area contributed by atoms with Crippen molar-refractivity contribution >= 4 is 72.8 Å². The van der Waals surface area contributed by atoms with Gasteiger partial charge in [-0.1, -0.05) is 92.7 Å². The molecule has 0 fully saturated rings. The molecule has 0 bridgehead atoms. The van der Waals surface area contributed by atoms with E-state index in [9.17, 15) is 0 Å². The minimum Gasteiger partial charge on any atom is -0.310 e. The summed E-state index contributed by atoms with van der Waals surface area (Å²) in [6.07, 6.45) is 0. The fourth-order valence-electron chi connectivity index (χ4n) is 9.10. The third-order valence-electron chi connectivity index (χ3n) is 11.5. The van der Waals surface area contributed by atoms with Gasteiger partial charge in [-0.2, -0.15) is 0 Å². The summed E-state index contributed by atoms with van der Waals surface area (Å²) in [5, 5.41) is 0. The molecule has 0 saturated heterocycles. The highest BCUT2D eigenvalue weighted by molar-refractivity contribution is 5.95. The largest absolute Gasteiger partial charge is 0.310 e. The van der Waals surface area contributed by atoms with Crippen LogP contribution < -0.4 is 4.90 Å². The van der Waals surface area contributed by atoms with E-state index in [1.54, 1.807) is 0 Å². The van der Waals surface area contributed by atoms with Gasteiger partial charge in [0.25, 0.3) is 0 Å². The summed E-state index contributed by atoms with van der Waals surface area (Å²) in [5.41, 5.74) is 16.5. The summed E-state index contributed by atoms with van der Waals surface area (Å²) in [7, 11) is 0. The molecule has 7 heteroatoms. The zero-order valence-corrected chi connectivity index (χ0v) is 29.7. The second-order valence-electron chi connectivity index (χ2n) is 14.8. The summed E-state index contributed by atoms with van der Waals surface area (Å²) in [6.45, 7) is 4.68. The van der Waals surface area contributed by atoms with Crippen LogP contribution in [0.1, 0.15) is 25.0 Å². The monoisotopic (exact) mass is 695 g/mol. The van der Waals surface area contributed by atoms with Crippen LogP contribution in [0.15, 0.2) is 164 Å². The van der Waals surface area contributed by atoms with Gasteiger partial charge in [0.15, 0.2) is 0 Å². The van der Waals surface area contributed by atoms with Crippen LogP contribution in [0.2, 0.25) is 0 Å². The van der Waals surface area contributed by atoms with E-state index in [-0.39, 0.29) is 5.41 Å². The Labute approximate surface area is 310 Å². The molecule has 0 aliphatic carbocycles. The smallest absolute Gasteiger partial charge is 0.220 e. The summed E-state index contributed by atoms with van der Waals surface area (Å²) in [4.78, 5) is 12.8. The van der Waals surface area contributed by atoms with Gasteiger partial charge < -0.3 is 4.90 Å². The molecular weight excluding hydrogens is 663 g/mol. The summed E-state index contributed by atoms with van der Waals surface area (Å²) >= 11 is 0. The van der Waals surface area contributed by atoms with Crippen LogP contribution in [0.5, 0.6) is 0 Å². The molecule has 7 aromatic carbocycles. The normalized spacial score (nSPS) is 13.9. The van der Waals surface area contributed by atoms with Gasteiger partial charge >= 0.3 is 0 Å². The van der Waals surface area contributed by atoms with Gasteiger partial charge in [-0.15, -0.1) is 0 Å². The van der Waals surface area contributed by atoms with E-state index < -0.39 is 0 Å². The van der Waals surface area contributed by atoms with E-state index in [4.69, 9.17) is 9.97 Å². The SMILES string of the molecule is CC1(C)c2ccccc2N(c2cccc(-n3c4ccccc4n4c5ccccc5nc34)c2)c2cc(-n3c4ccccc4n4c5ccccc5nc34)ccc21. The number of hydrogen-bond donors (Lipinski definition) is 0. The maximum absolute atomic E-state index is 5.19. The Morgan fingerprint density at radius 3 is 1.50 bits per heavy atom. The Kier molecular flexibility index (Phi) is 5.72. The lowest BCUT2D eigenvalue weighted by molar-refractivity contribution is 0.631. The lowest BCUT2D eigenvalue weighted by Crippen LogP contribution is -2.30. The highest BCUT2D eigenvalue weighted by Crippen LogP contribution is 2.52. The fraction of sp³-hybridized carbons (Fsp3) is 0.0638. The van der Waals surface area contributed by atoms with Gasteiger partial charge in [-0.3, -0.25) is 17.9 Å². The standard InChI is InChI=1S/C47H33N7/c1-47(2)33-16-3-6-19-37(33)50(30-14-13-15-31(28-30)51-40-22-9-11-24-42(40)53-38-20-7-4-17-35(38)48-45(51)53)44-29-32(26-27-34(44)47)52-41-23-10-12-25-43(41)54-39-21-8-5-18-36(39)49-46(52)54/h3-29H,1-2H3. The van der Waals surface area contributed by atoms with Crippen LogP contribution in [0.3, 0.4) is 0 Å². The van der Waals surface area contributed by atoms with Crippen LogP contribution in [-0.2, 0) is 5.41 Å². The van der Waals surface area contributed by atoms with E-state index in [2.05, 4.69) is 200 Å². The third-order valence-corrected chi connectivity index (χ3v) is 11.5. The lowest BCUT2D eigenvalue weighted by Gasteiger charge is -2.42. The van der Waals surface area contributed by atoms with Crippen molar-refractivity contribution in [3.8, 4) is 11.4 Å². The zero-order valence-electron chi connectivity index (χ0n) is 29.7. The van der Waals surface area contributed by atoms with Crippen molar-refractivity contribution in [1.29, 1.82) is 0 Å². The van der Waals surface area contributed by atoms with Crippen molar-refractivity contribution in [1.82, 2.24) is 27.9 Å². The summed E-state index contributed by atoms with van der Waals surface area (Å²) in [5.74, 6) is 1.80. The topological polar surface area (TPSA) is 47.7 Å². The second kappa shape index (κ2) is 10.5. The number of aromatic nitrogens is 6.